The standard InChI is InChI=1S/C20H23NO5/c1-15(21(2)12-20(23)24)11-16-3-7-18(8-4-16)25-13-17-5-9-19(10-6-17)26-14-22/h3-10,14-15H,11-13H2,1-2H3,(H,23,24)/t15-/m1/s1. The molecule has 0 saturated heterocycles. The average Bonchev–Trinajstić information content (AvgIpc) is 2.62. The first-order valence-corrected chi connectivity index (χ1v) is 8.31. The van der Waals surface area contributed by atoms with Gasteiger partial charge in [-0.25, -0.2) is 0 Å². The number of carbonyl (C=O) groups is 2. The monoisotopic (exact) mass is 357 g/mol. The SMILES string of the molecule is C[C@H](Cc1ccc(OCc2ccc(OC=O)cc2)cc1)N(C)CC(=O)O. The van der Waals surface area contributed by atoms with Crippen LogP contribution in [0.15, 0.2) is 48.5 Å². The summed E-state index contributed by atoms with van der Waals surface area (Å²) < 4.78 is 10.5. The van der Waals surface area contributed by atoms with Gasteiger partial charge in [0.2, 0.25) is 0 Å². The fourth-order valence-corrected chi connectivity index (χ4v) is 2.47. The highest BCUT2D eigenvalue weighted by Gasteiger charge is 2.12. The summed E-state index contributed by atoms with van der Waals surface area (Å²) in [6.45, 7) is 2.84. The van der Waals surface area contributed by atoms with Crippen LogP contribution in [0.3, 0.4) is 0 Å². The molecule has 0 spiro atoms. The zero-order chi connectivity index (χ0) is 18.9. The molecule has 6 heteroatoms. The van der Waals surface area contributed by atoms with E-state index >= 15 is 0 Å². The summed E-state index contributed by atoms with van der Waals surface area (Å²) in [5.41, 5.74) is 2.09. The van der Waals surface area contributed by atoms with Gasteiger partial charge in [0.25, 0.3) is 6.47 Å². The van der Waals surface area contributed by atoms with E-state index in [4.69, 9.17) is 14.6 Å². The lowest BCUT2D eigenvalue weighted by Gasteiger charge is -2.22. The lowest BCUT2D eigenvalue weighted by atomic mass is 10.1. The Morgan fingerprint density at radius 1 is 1.08 bits per heavy atom. The van der Waals surface area contributed by atoms with Gasteiger partial charge < -0.3 is 14.6 Å². The van der Waals surface area contributed by atoms with Crippen LogP contribution in [-0.2, 0) is 22.6 Å². The van der Waals surface area contributed by atoms with Crippen molar-refractivity contribution in [2.45, 2.75) is 26.0 Å². The van der Waals surface area contributed by atoms with Gasteiger partial charge in [-0.3, -0.25) is 14.5 Å². The van der Waals surface area contributed by atoms with Gasteiger partial charge in [0.15, 0.2) is 0 Å². The van der Waals surface area contributed by atoms with Gasteiger partial charge in [0, 0.05) is 6.04 Å². The number of benzene rings is 2. The molecule has 0 aromatic heterocycles. The predicted octanol–water partition coefficient (Wildman–Crippen LogP) is 2.75. The fraction of sp³-hybridized carbons (Fsp3) is 0.300. The van der Waals surface area contributed by atoms with Crippen molar-refractivity contribution in [3.63, 3.8) is 0 Å². The minimum absolute atomic E-state index is 0.0268. The van der Waals surface area contributed by atoms with E-state index in [1.54, 1.807) is 12.1 Å². The molecule has 1 atom stereocenters. The summed E-state index contributed by atoms with van der Waals surface area (Å²) in [7, 11) is 1.81. The molecule has 0 aliphatic carbocycles. The van der Waals surface area contributed by atoms with E-state index in [0.717, 1.165) is 23.3 Å². The number of nitrogens with zero attached hydrogens (tertiary/aromatic N) is 1. The molecule has 0 unspecified atom stereocenters. The van der Waals surface area contributed by atoms with Gasteiger partial charge in [-0.05, 0) is 55.8 Å². The van der Waals surface area contributed by atoms with E-state index < -0.39 is 5.97 Å². The third kappa shape index (κ3) is 6.22. The van der Waals surface area contributed by atoms with Crippen molar-refractivity contribution in [3.05, 3.63) is 59.7 Å². The normalized spacial score (nSPS) is 11.8. The molecule has 0 fully saturated rings. The van der Waals surface area contributed by atoms with Crippen molar-refractivity contribution in [3.8, 4) is 11.5 Å². The molecule has 0 heterocycles. The number of ether oxygens (including phenoxy) is 2. The summed E-state index contributed by atoms with van der Waals surface area (Å²) in [4.78, 5) is 22.9. The topological polar surface area (TPSA) is 76.1 Å². The minimum Gasteiger partial charge on any atom is -0.489 e. The number of aliphatic carboxylic acids is 1. The quantitative estimate of drug-likeness (QED) is 0.659. The number of carbonyl (C=O) groups excluding carboxylic acids is 1. The van der Waals surface area contributed by atoms with E-state index in [1.165, 1.54) is 0 Å². The van der Waals surface area contributed by atoms with Crippen LogP contribution in [0.5, 0.6) is 11.5 Å². The molecular formula is C20H23NO5. The van der Waals surface area contributed by atoms with Crippen LogP contribution in [0.25, 0.3) is 0 Å². The summed E-state index contributed by atoms with van der Waals surface area (Å²) in [5, 5.41) is 8.85. The van der Waals surface area contributed by atoms with Gasteiger partial charge in [0.1, 0.15) is 18.1 Å². The molecule has 2 aromatic rings. The van der Waals surface area contributed by atoms with Crippen molar-refractivity contribution in [1.29, 1.82) is 0 Å². The Morgan fingerprint density at radius 3 is 2.23 bits per heavy atom. The van der Waals surface area contributed by atoms with E-state index in [0.29, 0.717) is 18.8 Å². The number of likely N-dealkylation sites (N-methyl/N-ethyl adjacent to an activating group) is 1. The molecule has 1 N–H and O–H groups in total. The first-order valence-electron chi connectivity index (χ1n) is 8.31. The molecule has 0 aliphatic heterocycles. The van der Waals surface area contributed by atoms with Crippen molar-refractivity contribution in [1.82, 2.24) is 4.90 Å². The number of hydrogen-bond acceptors (Lipinski definition) is 5. The Bertz CT molecular complexity index is 712. The van der Waals surface area contributed by atoms with Gasteiger partial charge in [-0.1, -0.05) is 24.3 Å². The van der Waals surface area contributed by atoms with E-state index in [1.807, 2.05) is 55.3 Å². The van der Waals surface area contributed by atoms with E-state index in [-0.39, 0.29) is 12.6 Å². The maximum absolute atomic E-state index is 10.8. The van der Waals surface area contributed by atoms with Crippen molar-refractivity contribution >= 4 is 12.4 Å². The van der Waals surface area contributed by atoms with E-state index in [2.05, 4.69) is 0 Å². The highest BCUT2D eigenvalue weighted by Crippen LogP contribution is 2.17. The molecule has 0 bridgehead atoms. The zero-order valence-corrected chi connectivity index (χ0v) is 14.9. The highest BCUT2D eigenvalue weighted by molar-refractivity contribution is 5.69. The first-order chi connectivity index (χ1) is 12.5. The Labute approximate surface area is 153 Å². The maximum Gasteiger partial charge on any atom is 0.317 e. The van der Waals surface area contributed by atoms with Gasteiger partial charge in [-0.2, -0.15) is 0 Å². The van der Waals surface area contributed by atoms with Crippen LogP contribution < -0.4 is 9.47 Å². The molecule has 0 saturated carbocycles. The minimum atomic E-state index is -0.825. The number of rotatable bonds is 10. The molecule has 2 rings (SSSR count). The average molecular weight is 357 g/mol. The molecule has 0 radical (unpaired) electrons. The highest BCUT2D eigenvalue weighted by atomic mass is 16.5. The predicted molar refractivity (Wildman–Crippen MR) is 97.3 cm³/mol. The summed E-state index contributed by atoms with van der Waals surface area (Å²) in [6.07, 6.45) is 0.766. The number of carboxylic acid groups (broad SMARTS) is 1. The van der Waals surface area contributed by atoms with Gasteiger partial charge in [-0.15, -0.1) is 0 Å². The zero-order valence-electron chi connectivity index (χ0n) is 14.9. The maximum atomic E-state index is 10.8. The number of hydrogen-bond donors (Lipinski definition) is 1. The molecule has 0 amide bonds. The second kappa shape index (κ2) is 9.58. The smallest absolute Gasteiger partial charge is 0.317 e. The molecule has 0 aliphatic rings. The van der Waals surface area contributed by atoms with Crippen molar-refractivity contribution in [2.75, 3.05) is 13.6 Å². The van der Waals surface area contributed by atoms with Crippen LogP contribution in [0.2, 0.25) is 0 Å². The lowest BCUT2D eigenvalue weighted by Crippen LogP contribution is -2.35. The van der Waals surface area contributed by atoms with Crippen LogP contribution in [0.4, 0.5) is 0 Å². The Balaban J connectivity index is 1.85. The van der Waals surface area contributed by atoms with Crippen molar-refractivity contribution in [2.24, 2.45) is 0 Å². The van der Waals surface area contributed by atoms with Crippen LogP contribution in [-0.4, -0.2) is 42.1 Å². The lowest BCUT2D eigenvalue weighted by molar-refractivity contribution is -0.138. The summed E-state index contributed by atoms with van der Waals surface area (Å²) in [6, 6.07) is 15.0. The Hall–Kier alpha value is -2.86. The third-order valence-corrected chi connectivity index (χ3v) is 4.10. The largest absolute Gasteiger partial charge is 0.489 e. The summed E-state index contributed by atoms with van der Waals surface area (Å²) >= 11 is 0. The molecule has 138 valence electrons. The summed E-state index contributed by atoms with van der Waals surface area (Å²) in [5.74, 6) is 0.428. The number of carboxylic acids is 1. The third-order valence-electron chi connectivity index (χ3n) is 4.10. The van der Waals surface area contributed by atoms with Crippen LogP contribution >= 0.6 is 0 Å². The molecular weight excluding hydrogens is 334 g/mol. The second-order valence-corrected chi connectivity index (χ2v) is 6.15. The Morgan fingerprint density at radius 2 is 1.65 bits per heavy atom. The molecule has 2 aromatic carbocycles. The fourth-order valence-electron chi connectivity index (χ4n) is 2.47. The first kappa shape index (κ1) is 19.5. The Kier molecular flexibility index (Phi) is 7.17. The molecule has 26 heavy (non-hydrogen) atoms. The van der Waals surface area contributed by atoms with Crippen molar-refractivity contribution < 1.29 is 24.2 Å². The molecule has 6 nitrogen and oxygen atoms in total. The van der Waals surface area contributed by atoms with Gasteiger partial charge >= 0.3 is 5.97 Å². The van der Waals surface area contributed by atoms with Gasteiger partial charge in [0.05, 0.1) is 6.54 Å². The second-order valence-electron chi connectivity index (χ2n) is 6.15. The van der Waals surface area contributed by atoms with E-state index in [9.17, 15) is 9.59 Å². The van der Waals surface area contributed by atoms with Crippen LogP contribution in [0, 0.1) is 0 Å². The van der Waals surface area contributed by atoms with Crippen LogP contribution in [0.1, 0.15) is 18.1 Å².